The Labute approximate surface area is 143 Å². The van der Waals surface area contributed by atoms with Crippen molar-refractivity contribution in [2.45, 2.75) is 38.8 Å². The van der Waals surface area contributed by atoms with E-state index in [0.29, 0.717) is 40.2 Å². The topological polar surface area (TPSA) is 47.3 Å². The van der Waals surface area contributed by atoms with Crippen LogP contribution in [0.4, 0.5) is 8.78 Å². The van der Waals surface area contributed by atoms with Gasteiger partial charge in [0.1, 0.15) is 23.2 Å². The summed E-state index contributed by atoms with van der Waals surface area (Å²) in [6, 6.07) is 10.1. The van der Waals surface area contributed by atoms with Crippen LogP contribution in [0.1, 0.15) is 42.4 Å². The number of fused-ring (bicyclic) bond motifs is 3. The lowest BCUT2D eigenvalue weighted by Gasteiger charge is -2.19. The first-order valence-corrected chi connectivity index (χ1v) is 8.22. The number of ether oxygens (including phenoxy) is 1. The smallest absolute Gasteiger partial charge is 0.235 e. The number of rotatable bonds is 3. The highest BCUT2D eigenvalue weighted by Gasteiger charge is 2.36. The first-order chi connectivity index (χ1) is 12.0. The Morgan fingerprint density at radius 3 is 2.80 bits per heavy atom. The molecule has 6 heteroatoms. The molecular weight excluding hydrogens is 326 g/mol. The van der Waals surface area contributed by atoms with Crippen LogP contribution in [0.5, 0.6) is 5.75 Å². The molecule has 2 heterocycles. The van der Waals surface area contributed by atoms with E-state index in [-0.39, 0.29) is 11.9 Å². The van der Waals surface area contributed by atoms with E-state index < -0.39 is 12.5 Å². The third kappa shape index (κ3) is 2.48. The van der Waals surface area contributed by atoms with E-state index in [1.165, 1.54) is 6.92 Å². The zero-order valence-electron chi connectivity index (χ0n) is 13.9. The zero-order chi connectivity index (χ0) is 17.7. The Morgan fingerprint density at radius 1 is 1.28 bits per heavy atom. The quantitative estimate of drug-likeness (QED) is 0.774. The largest absolute Gasteiger partial charge is 0.460 e. The van der Waals surface area contributed by atoms with Crippen molar-refractivity contribution in [3.63, 3.8) is 0 Å². The number of halogens is 2. The molecular formula is C19H18F2N2O2. The number of imidazole rings is 1. The van der Waals surface area contributed by atoms with Gasteiger partial charge in [-0.1, -0.05) is 24.3 Å². The Morgan fingerprint density at radius 2 is 2.04 bits per heavy atom. The molecule has 0 fully saturated rings. The van der Waals surface area contributed by atoms with Crippen LogP contribution in [-0.4, -0.2) is 21.0 Å². The normalized spacial score (nSPS) is 20.7. The molecule has 1 N–H and O–H groups in total. The molecule has 130 valence electrons. The molecule has 1 aromatic heterocycles. The number of para-hydroxylation sites is 1. The van der Waals surface area contributed by atoms with Gasteiger partial charge in [-0.25, -0.2) is 13.8 Å². The van der Waals surface area contributed by atoms with Crippen molar-refractivity contribution in [1.82, 2.24) is 9.55 Å². The highest BCUT2D eigenvalue weighted by molar-refractivity contribution is 5.78. The van der Waals surface area contributed by atoms with Crippen LogP contribution in [0.2, 0.25) is 0 Å². The number of hydrogen-bond acceptors (Lipinski definition) is 3. The number of aliphatic hydroxyl groups excluding tert-OH is 1. The third-order valence-corrected chi connectivity index (χ3v) is 4.63. The zero-order valence-corrected chi connectivity index (χ0v) is 13.9. The molecule has 4 nitrogen and oxygen atoms in total. The Bertz CT molecular complexity index is 952. The SMILES string of the molecule is Cc1ccc2nc3n(c2c1F)[C@@H](c1ccccc1O[C@H](C)F)C[C@H]3O. The maximum atomic E-state index is 14.8. The number of nitrogens with zero attached hydrogens (tertiary/aromatic N) is 2. The predicted octanol–water partition coefficient (Wildman–Crippen LogP) is 4.20. The van der Waals surface area contributed by atoms with Gasteiger partial charge in [0.2, 0.25) is 6.36 Å². The maximum Gasteiger partial charge on any atom is 0.235 e. The summed E-state index contributed by atoms with van der Waals surface area (Å²) < 4.78 is 35.2. The van der Waals surface area contributed by atoms with Crippen molar-refractivity contribution in [1.29, 1.82) is 0 Å². The Kier molecular flexibility index (Phi) is 3.72. The van der Waals surface area contributed by atoms with Crippen molar-refractivity contribution >= 4 is 11.0 Å². The minimum atomic E-state index is -1.47. The van der Waals surface area contributed by atoms with E-state index in [2.05, 4.69) is 4.98 Å². The minimum absolute atomic E-state index is 0.340. The van der Waals surface area contributed by atoms with Crippen LogP contribution in [0.3, 0.4) is 0 Å². The molecule has 1 aliphatic heterocycles. The van der Waals surface area contributed by atoms with Crippen LogP contribution in [-0.2, 0) is 0 Å². The fourth-order valence-corrected chi connectivity index (χ4v) is 3.54. The molecule has 4 rings (SSSR count). The summed E-state index contributed by atoms with van der Waals surface area (Å²) in [5, 5.41) is 10.4. The van der Waals surface area contributed by atoms with Gasteiger partial charge in [0, 0.05) is 18.9 Å². The third-order valence-electron chi connectivity index (χ3n) is 4.63. The monoisotopic (exact) mass is 344 g/mol. The van der Waals surface area contributed by atoms with E-state index in [4.69, 9.17) is 4.74 Å². The summed E-state index contributed by atoms with van der Waals surface area (Å²) in [7, 11) is 0. The maximum absolute atomic E-state index is 14.8. The molecule has 2 aromatic carbocycles. The van der Waals surface area contributed by atoms with Gasteiger partial charge >= 0.3 is 0 Å². The lowest BCUT2D eigenvalue weighted by Crippen LogP contribution is -2.11. The lowest BCUT2D eigenvalue weighted by molar-refractivity contribution is 0.0841. The summed E-state index contributed by atoms with van der Waals surface area (Å²) in [5.41, 5.74) is 2.07. The summed E-state index contributed by atoms with van der Waals surface area (Å²) in [6.07, 6.45) is -1.94. The molecule has 1 aliphatic rings. The van der Waals surface area contributed by atoms with Crippen molar-refractivity contribution in [2.24, 2.45) is 0 Å². The van der Waals surface area contributed by atoms with Crippen LogP contribution in [0.15, 0.2) is 36.4 Å². The van der Waals surface area contributed by atoms with Gasteiger partial charge in [0.15, 0.2) is 5.82 Å². The fourth-order valence-electron chi connectivity index (χ4n) is 3.54. The number of benzene rings is 2. The van der Waals surface area contributed by atoms with Crippen molar-refractivity contribution in [3.05, 3.63) is 59.2 Å². The molecule has 0 spiro atoms. The van der Waals surface area contributed by atoms with E-state index in [1.54, 1.807) is 35.8 Å². The summed E-state index contributed by atoms with van der Waals surface area (Å²) in [6.45, 7) is 3.00. The molecule has 3 atom stereocenters. The van der Waals surface area contributed by atoms with Crippen LogP contribution in [0, 0.1) is 12.7 Å². The van der Waals surface area contributed by atoms with Gasteiger partial charge in [-0.15, -0.1) is 0 Å². The Hall–Kier alpha value is -2.47. The first kappa shape index (κ1) is 16.0. The molecule has 0 saturated carbocycles. The molecule has 3 aromatic rings. The summed E-state index contributed by atoms with van der Waals surface area (Å²) >= 11 is 0. The summed E-state index contributed by atoms with van der Waals surface area (Å²) in [4.78, 5) is 4.40. The number of alkyl halides is 1. The van der Waals surface area contributed by atoms with Gasteiger partial charge in [0.25, 0.3) is 0 Å². The van der Waals surface area contributed by atoms with E-state index in [1.807, 2.05) is 12.1 Å². The average Bonchev–Trinajstić information content (AvgIpc) is 3.09. The van der Waals surface area contributed by atoms with Gasteiger partial charge in [0.05, 0.1) is 11.6 Å². The molecule has 0 aliphatic carbocycles. The molecule has 0 bridgehead atoms. The second-order valence-corrected chi connectivity index (χ2v) is 6.37. The van der Waals surface area contributed by atoms with Crippen LogP contribution in [0.25, 0.3) is 11.0 Å². The van der Waals surface area contributed by atoms with Gasteiger partial charge < -0.3 is 14.4 Å². The van der Waals surface area contributed by atoms with E-state index >= 15 is 0 Å². The Balaban J connectivity index is 1.93. The number of hydrogen-bond donors (Lipinski definition) is 1. The number of aromatic nitrogens is 2. The number of aryl methyl sites for hydroxylation is 1. The molecule has 0 amide bonds. The van der Waals surface area contributed by atoms with Crippen LogP contribution < -0.4 is 4.74 Å². The second kappa shape index (κ2) is 5.81. The first-order valence-electron chi connectivity index (χ1n) is 8.22. The summed E-state index contributed by atoms with van der Waals surface area (Å²) in [5.74, 6) is 0.456. The van der Waals surface area contributed by atoms with E-state index in [0.717, 1.165) is 0 Å². The second-order valence-electron chi connectivity index (χ2n) is 6.37. The van der Waals surface area contributed by atoms with Gasteiger partial charge in [-0.05, 0) is 24.6 Å². The molecule has 0 saturated heterocycles. The van der Waals surface area contributed by atoms with Gasteiger partial charge in [-0.3, -0.25) is 0 Å². The van der Waals surface area contributed by atoms with Gasteiger partial charge in [-0.2, -0.15) is 0 Å². The fraction of sp³-hybridized carbons (Fsp3) is 0.316. The highest BCUT2D eigenvalue weighted by Crippen LogP contribution is 2.44. The molecule has 0 unspecified atom stereocenters. The van der Waals surface area contributed by atoms with Crippen molar-refractivity contribution in [2.75, 3.05) is 0 Å². The lowest BCUT2D eigenvalue weighted by atomic mass is 10.0. The number of aliphatic hydroxyl groups is 1. The predicted molar refractivity (Wildman–Crippen MR) is 89.8 cm³/mol. The van der Waals surface area contributed by atoms with Crippen molar-refractivity contribution < 1.29 is 18.6 Å². The van der Waals surface area contributed by atoms with Crippen molar-refractivity contribution in [3.8, 4) is 5.75 Å². The molecule has 25 heavy (non-hydrogen) atoms. The average molecular weight is 344 g/mol. The van der Waals surface area contributed by atoms with Crippen LogP contribution >= 0.6 is 0 Å². The highest BCUT2D eigenvalue weighted by atomic mass is 19.1. The molecule has 0 radical (unpaired) electrons. The standard InChI is InChI=1S/C19H18F2N2O2/c1-10-7-8-13-18(17(10)21)23-14(9-15(24)19(23)22-13)12-5-3-4-6-16(12)25-11(2)20/h3-8,11,14-15,24H,9H2,1-2H3/t11-,14-,15-/m1/s1. The minimum Gasteiger partial charge on any atom is -0.460 e. The van der Waals surface area contributed by atoms with E-state index in [9.17, 15) is 13.9 Å².